The Hall–Kier alpha value is -3.42. The summed E-state index contributed by atoms with van der Waals surface area (Å²) in [4.78, 5) is 21.4. The zero-order valence-electron chi connectivity index (χ0n) is 17.6. The van der Waals surface area contributed by atoms with Crippen molar-refractivity contribution in [2.45, 2.75) is 19.8 Å². The van der Waals surface area contributed by atoms with E-state index >= 15 is 0 Å². The Morgan fingerprint density at radius 3 is 2.65 bits per heavy atom. The molecule has 1 aromatic heterocycles. The average molecular weight is 424 g/mol. The largest absolute Gasteiger partial charge is 0.497 e. The number of ether oxygens (including phenoxy) is 1. The number of hydrogen-bond donors (Lipinski definition) is 0. The Morgan fingerprint density at radius 1 is 1.23 bits per heavy atom. The number of benzene rings is 2. The fraction of sp³-hybridized carbons (Fsp3) is 0.348. The van der Waals surface area contributed by atoms with Crippen molar-refractivity contribution in [1.82, 2.24) is 10.1 Å². The van der Waals surface area contributed by atoms with Crippen molar-refractivity contribution in [3.05, 3.63) is 54.3 Å². The minimum atomic E-state index is -0.319. The normalized spacial score (nSPS) is 16.2. The maximum absolute atomic E-state index is 13.3. The van der Waals surface area contributed by atoms with Crippen molar-refractivity contribution in [2.24, 2.45) is 5.92 Å². The molecule has 1 amide bonds. The van der Waals surface area contributed by atoms with Crippen LogP contribution in [-0.2, 0) is 4.79 Å². The van der Waals surface area contributed by atoms with E-state index in [2.05, 4.69) is 10.1 Å². The molecule has 7 nitrogen and oxygen atoms in total. The molecule has 1 aliphatic rings. The lowest BCUT2D eigenvalue weighted by atomic mass is 9.96. The average Bonchev–Trinajstić information content (AvgIpc) is 3.31. The Kier molecular flexibility index (Phi) is 6.16. The predicted octanol–water partition coefficient (Wildman–Crippen LogP) is 4.15. The Balaban J connectivity index is 1.47. The summed E-state index contributed by atoms with van der Waals surface area (Å²) in [6, 6.07) is 13.9. The molecule has 3 aromatic rings. The number of amides is 1. The summed E-state index contributed by atoms with van der Waals surface area (Å²) in [7, 11) is 1.62. The van der Waals surface area contributed by atoms with Gasteiger partial charge in [0.25, 0.3) is 0 Å². The zero-order valence-corrected chi connectivity index (χ0v) is 17.6. The van der Waals surface area contributed by atoms with E-state index in [0.717, 1.165) is 30.7 Å². The molecule has 2 aromatic carbocycles. The molecule has 0 spiro atoms. The van der Waals surface area contributed by atoms with E-state index in [-0.39, 0.29) is 17.6 Å². The van der Waals surface area contributed by atoms with E-state index in [0.29, 0.717) is 30.6 Å². The number of methoxy groups -OCH3 is 1. The molecule has 1 atom stereocenters. The van der Waals surface area contributed by atoms with Gasteiger partial charge in [-0.1, -0.05) is 5.16 Å². The molecule has 0 N–H and O–H groups in total. The Morgan fingerprint density at radius 2 is 1.97 bits per heavy atom. The van der Waals surface area contributed by atoms with Crippen LogP contribution in [0.3, 0.4) is 0 Å². The smallest absolute Gasteiger partial charge is 0.324 e. The molecule has 1 fully saturated rings. The molecule has 8 heteroatoms. The van der Waals surface area contributed by atoms with Gasteiger partial charge in [-0.25, -0.2) is 4.39 Å². The zero-order chi connectivity index (χ0) is 21.8. The van der Waals surface area contributed by atoms with Crippen molar-refractivity contribution < 1.29 is 18.4 Å². The van der Waals surface area contributed by atoms with Gasteiger partial charge in [-0.05, 0) is 68.3 Å². The molecule has 0 aliphatic carbocycles. The first-order valence-electron chi connectivity index (χ1n) is 10.4. The van der Waals surface area contributed by atoms with Crippen LogP contribution in [0.5, 0.6) is 5.75 Å². The summed E-state index contributed by atoms with van der Waals surface area (Å²) in [5, 5.41) is 4.09. The van der Waals surface area contributed by atoms with Crippen LogP contribution >= 0.6 is 0 Å². The second-order valence-corrected chi connectivity index (χ2v) is 7.47. The van der Waals surface area contributed by atoms with Crippen LogP contribution in [0.2, 0.25) is 0 Å². The molecule has 162 valence electrons. The van der Waals surface area contributed by atoms with Gasteiger partial charge in [0.15, 0.2) is 0 Å². The van der Waals surface area contributed by atoms with E-state index in [1.807, 2.05) is 36.1 Å². The van der Waals surface area contributed by atoms with Crippen molar-refractivity contribution in [2.75, 3.05) is 36.5 Å². The molecule has 1 aliphatic heterocycles. The van der Waals surface area contributed by atoms with Gasteiger partial charge in [-0.2, -0.15) is 4.98 Å². The number of anilines is 2. The van der Waals surface area contributed by atoms with Gasteiger partial charge in [-0.3, -0.25) is 4.79 Å². The SMILES string of the molecule is CCN(C(=O)[C@H]1CCCN(c2nc(-c3ccc(OC)cc3)no2)C1)c1ccc(F)cc1. The van der Waals surface area contributed by atoms with Gasteiger partial charge >= 0.3 is 6.01 Å². The minimum absolute atomic E-state index is 0.0219. The fourth-order valence-corrected chi connectivity index (χ4v) is 3.86. The third-order valence-corrected chi connectivity index (χ3v) is 5.53. The topological polar surface area (TPSA) is 71.7 Å². The molecule has 31 heavy (non-hydrogen) atoms. The van der Waals surface area contributed by atoms with Crippen LogP contribution in [0.15, 0.2) is 53.1 Å². The first-order chi connectivity index (χ1) is 15.1. The first-order valence-corrected chi connectivity index (χ1v) is 10.4. The molecular weight excluding hydrogens is 399 g/mol. The Labute approximate surface area is 180 Å². The molecular formula is C23H25FN4O3. The lowest BCUT2D eigenvalue weighted by Gasteiger charge is -2.33. The summed E-state index contributed by atoms with van der Waals surface area (Å²) in [5.41, 5.74) is 1.53. The van der Waals surface area contributed by atoms with Gasteiger partial charge in [0, 0.05) is 30.9 Å². The lowest BCUT2D eigenvalue weighted by molar-refractivity contribution is -0.122. The second kappa shape index (κ2) is 9.16. The van der Waals surface area contributed by atoms with Crippen LogP contribution in [0, 0.1) is 11.7 Å². The molecule has 0 radical (unpaired) electrons. The highest BCUT2D eigenvalue weighted by Gasteiger charge is 2.31. The highest BCUT2D eigenvalue weighted by atomic mass is 19.1. The summed E-state index contributed by atoms with van der Waals surface area (Å²) < 4.78 is 23.9. The first kappa shape index (κ1) is 20.8. The van der Waals surface area contributed by atoms with Crippen molar-refractivity contribution >= 4 is 17.6 Å². The summed E-state index contributed by atoms with van der Waals surface area (Å²) in [6.45, 7) is 3.68. The highest BCUT2D eigenvalue weighted by Crippen LogP contribution is 2.28. The number of rotatable bonds is 6. The van der Waals surface area contributed by atoms with Gasteiger partial charge in [0.1, 0.15) is 11.6 Å². The second-order valence-electron chi connectivity index (χ2n) is 7.47. The van der Waals surface area contributed by atoms with E-state index < -0.39 is 0 Å². The maximum atomic E-state index is 13.3. The molecule has 2 heterocycles. The standard InChI is InChI=1S/C23H25FN4O3/c1-3-28(19-10-8-18(24)9-11-19)22(29)17-5-4-14-27(15-17)23-25-21(26-31-23)16-6-12-20(30-2)13-7-16/h6-13,17H,3-5,14-15H2,1-2H3/t17-/m0/s1. The van der Waals surface area contributed by atoms with E-state index in [4.69, 9.17) is 9.26 Å². The van der Waals surface area contributed by atoms with Crippen LogP contribution < -0.4 is 14.5 Å². The maximum Gasteiger partial charge on any atom is 0.324 e. The number of piperidine rings is 1. The quantitative estimate of drug-likeness (QED) is 0.592. The third kappa shape index (κ3) is 4.52. The number of aromatic nitrogens is 2. The van der Waals surface area contributed by atoms with Gasteiger partial charge in [-0.15, -0.1) is 0 Å². The van der Waals surface area contributed by atoms with Gasteiger partial charge < -0.3 is 19.1 Å². The third-order valence-electron chi connectivity index (χ3n) is 5.53. The number of carbonyl (C=O) groups is 1. The molecule has 0 saturated carbocycles. The molecule has 0 unspecified atom stereocenters. The number of nitrogens with zero attached hydrogens (tertiary/aromatic N) is 4. The highest BCUT2D eigenvalue weighted by molar-refractivity contribution is 5.95. The molecule has 0 bridgehead atoms. The van der Waals surface area contributed by atoms with Crippen molar-refractivity contribution in [3.8, 4) is 17.1 Å². The minimum Gasteiger partial charge on any atom is -0.497 e. The fourth-order valence-electron chi connectivity index (χ4n) is 3.86. The van der Waals surface area contributed by atoms with Gasteiger partial charge in [0.2, 0.25) is 11.7 Å². The summed E-state index contributed by atoms with van der Waals surface area (Å²) in [5.74, 6) is 0.753. The lowest BCUT2D eigenvalue weighted by Crippen LogP contribution is -2.45. The predicted molar refractivity (Wildman–Crippen MR) is 116 cm³/mol. The van der Waals surface area contributed by atoms with E-state index in [1.165, 1.54) is 12.1 Å². The van der Waals surface area contributed by atoms with E-state index in [9.17, 15) is 9.18 Å². The molecule has 4 rings (SSSR count). The molecule has 1 saturated heterocycles. The van der Waals surface area contributed by atoms with Crippen LogP contribution in [0.4, 0.5) is 16.1 Å². The number of hydrogen-bond acceptors (Lipinski definition) is 6. The van der Waals surface area contributed by atoms with Gasteiger partial charge in [0.05, 0.1) is 13.0 Å². The van der Waals surface area contributed by atoms with Crippen LogP contribution in [0.25, 0.3) is 11.4 Å². The van der Waals surface area contributed by atoms with Crippen LogP contribution in [0.1, 0.15) is 19.8 Å². The van der Waals surface area contributed by atoms with Crippen molar-refractivity contribution in [3.63, 3.8) is 0 Å². The van der Waals surface area contributed by atoms with Crippen LogP contribution in [-0.4, -0.2) is 42.8 Å². The summed E-state index contributed by atoms with van der Waals surface area (Å²) in [6.07, 6.45) is 1.63. The summed E-state index contributed by atoms with van der Waals surface area (Å²) >= 11 is 0. The number of halogens is 1. The number of carbonyl (C=O) groups excluding carboxylic acids is 1. The Bertz CT molecular complexity index is 1020. The van der Waals surface area contributed by atoms with E-state index in [1.54, 1.807) is 24.1 Å². The monoisotopic (exact) mass is 424 g/mol. The van der Waals surface area contributed by atoms with Crippen molar-refractivity contribution in [1.29, 1.82) is 0 Å².